The first kappa shape index (κ1) is 12.5. The molecule has 86 valence electrons. The number of carbonyl (C=O) groups excluding carboxylic acids is 1. The van der Waals surface area contributed by atoms with Crippen LogP contribution >= 0.6 is 0 Å². The van der Waals surface area contributed by atoms with Crippen molar-refractivity contribution < 1.29 is 4.79 Å². The van der Waals surface area contributed by atoms with Crippen molar-refractivity contribution in [3.63, 3.8) is 0 Å². The number of carbonyl (C=O) groups is 1. The summed E-state index contributed by atoms with van der Waals surface area (Å²) in [5.41, 5.74) is 1.18. The van der Waals surface area contributed by atoms with Crippen LogP contribution in [0.3, 0.4) is 0 Å². The van der Waals surface area contributed by atoms with Gasteiger partial charge in [-0.05, 0) is 37.2 Å². The highest BCUT2D eigenvalue weighted by atomic mass is 16.1. The van der Waals surface area contributed by atoms with Gasteiger partial charge in [0.05, 0.1) is 0 Å². The predicted octanol–water partition coefficient (Wildman–Crippen LogP) is 4.13. The Kier molecular flexibility index (Phi) is 4.12. The van der Waals surface area contributed by atoms with E-state index in [1.807, 2.05) is 6.92 Å². The monoisotopic (exact) mass is 208 g/mol. The van der Waals surface area contributed by atoms with Crippen LogP contribution in [0.2, 0.25) is 0 Å². The van der Waals surface area contributed by atoms with Crippen LogP contribution in [0.25, 0.3) is 0 Å². The van der Waals surface area contributed by atoms with E-state index >= 15 is 0 Å². The van der Waals surface area contributed by atoms with Gasteiger partial charge in [0.25, 0.3) is 0 Å². The highest BCUT2D eigenvalue weighted by Gasteiger charge is 2.34. The highest BCUT2D eigenvalue weighted by Crippen LogP contribution is 2.45. The fourth-order valence-electron chi connectivity index (χ4n) is 2.99. The SMILES string of the molecule is C=C(C)C(=O)[C@H](C)CC1(CC)CCCC1. The van der Waals surface area contributed by atoms with Crippen molar-refractivity contribution in [1.29, 1.82) is 0 Å². The van der Waals surface area contributed by atoms with E-state index in [2.05, 4.69) is 20.4 Å². The molecule has 0 heterocycles. The zero-order valence-corrected chi connectivity index (χ0v) is 10.4. The molecule has 1 saturated carbocycles. The third-order valence-electron chi connectivity index (χ3n) is 4.02. The maximum atomic E-state index is 11.8. The lowest BCUT2D eigenvalue weighted by atomic mass is 9.74. The van der Waals surface area contributed by atoms with Gasteiger partial charge in [0.2, 0.25) is 0 Å². The molecule has 0 aromatic heterocycles. The number of rotatable bonds is 5. The van der Waals surface area contributed by atoms with Gasteiger partial charge in [-0.2, -0.15) is 0 Å². The topological polar surface area (TPSA) is 17.1 Å². The Hall–Kier alpha value is -0.590. The fraction of sp³-hybridized carbons (Fsp3) is 0.786. The molecule has 0 saturated heterocycles. The smallest absolute Gasteiger partial charge is 0.160 e. The predicted molar refractivity (Wildman–Crippen MR) is 64.8 cm³/mol. The summed E-state index contributed by atoms with van der Waals surface area (Å²) in [6.07, 6.45) is 7.62. The van der Waals surface area contributed by atoms with Gasteiger partial charge >= 0.3 is 0 Å². The summed E-state index contributed by atoms with van der Waals surface area (Å²) >= 11 is 0. The molecular formula is C14H24O. The first-order chi connectivity index (χ1) is 7.01. The Morgan fingerprint density at radius 2 is 1.93 bits per heavy atom. The molecule has 0 spiro atoms. The van der Waals surface area contributed by atoms with Gasteiger partial charge < -0.3 is 0 Å². The van der Waals surface area contributed by atoms with Gasteiger partial charge in [0, 0.05) is 5.92 Å². The van der Waals surface area contributed by atoms with Gasteiger partial charge in [-0.15, -0.1) is 0 Å². The molecule has 1 aliphatic rings. The van der Waals surface area contributed by atoms with E-state index in [9.17, 15) is 4.79 Å². The molecule has 1 fully saturated rings. The molecule has 0 radical (unpaired) electrons. The van der Waals surface area contributed by atoms with Crippen LogP contribution < -0.4 is 0 Å². The Morgan fingerprint density at radius 3 is 2.33 bits per heavy atom. The molecule has 0 unspecified atom stereocenters. The Bertz CT molecular complexity index is 246. The number of hydrogen-bond donors (Lipinski definition) is 0. The third-order valence-corrected chi connectivity index (χ3v) is 4.02. The standard InChI is InChI=1S/C14H24O/c1-5-14(8-6-7-9-14)10-12(4)13(15)11(2)3/h12H,2,5-10H2,1,3-4H3/t12-/m1/s1. The van der Waals surface area contributed by atoms with E-state index in [4.69, 9.17) is 0 Å². The maximum Gasteiger partial charge on any atom is 0.160 e. The minimum absolute atomic E-state index is 0.167. The fourth-order valence-corrected chi connectivity index (χ4v) is 2.99. The Morgan fingerprint density at radius 1 is 1.40 bits per heavy atom. The lowest BCUT2D eigenvalue weighted by Crippen LogP contribution is -2.23. The molecular weight excluding hydrogens is 184 g/mol. The van der Waals surface area contributed by atoms with Crippen molar-refractivity contribution in [2.24, 2.45) is 11.3 Å². The molecule has 0 aliphatic heterocycles. The normalized spacial score (nSPS) is 21.3. The summed E-state index contributed by atoms with van der Waals surface area (Å²) in [5.74, 6) is 0.426. The van der Waals surface area contributed by atoms with Crippen LogP contribution in [0.15, 0.2) is 12.2 Å². The zero-order valence-electron chi connectivity index (χ0n) is 10.4. The highest BCUT2D eigenvalue weighted by molar-refractivity contribution is 5.95. The summed E-state index contributed by atoms with van der Waals surface area (Å²) in [7, 11) is 0. The Balaban J connectivity index is 2.59. The molecule has 1 nitrogen and oxygen atoms in total. The van der Waals surface area contributed by atoms with Gasteiger partial charge in [-0.3, -0.25) is 4.79 Å². The van der Waals surface area contributed by atoms with Crippen molar-refractivity contribution >= 4 is 5.78 Å². The number of hydrogen-bond acceptors (Lipinski definition) is 1. The molecule has 15 heavy (non-hydrogen) atoms. The first-order valence-electron chi connectivity index (χ1n) is 6.20. The van der Waals surface area contributed by atoms with E-state index in [1.165, 1.54) is 32.1 Å². The molecule has 0 amide bonds. The summed E-state index contributed by atoms with van der Waals surface area (Å²) in [6, 6.07) is 0. The van der Waals surface area contributed by atoms with Crippen molar-refractivity contribution in [1.82, 2.24) is 0 Å². The second-order valence-corrected chi connectivity index (χ2v) is 5.31. The van der Waals surface area contributed by atoms with Crippen LogP contribution in [0.1, 0.15) is 59.3 Å². The average Bonchev–Trinajstić information content (AvgIpc) is 2.65. The van der Waals surface area contributed by atoms with Crippen molar-refractivity contribution in [2.75, 3.05) is 0 Å². The summed E-state index contributed by atoms with van der Waals surface area (Å²) in [6.45, 7) is 9.90. The van der Waals surface area contributed by atoms with E-state index in [-0.39, 0.29) is 11.7 Å². The Labute approximate surface area is 93.9 Å². The van der Waals surface area contributed by atoms with Crippen molar-refractivity contribution in [2.45, 2.75) is 59.3 Å². The third kappa shape index (κ3) is 2.93. The number of ketones is 1. The molecule has 0 bridgehead atoms. The quantitative estimate of drug-likeness (QED) is 0.621. The van der Waals surface area contributed by atoms with Crippen LogP contribution in [0.5, 0.6) is 0 Å². The lowest BCUT2D eigenvalue weighted by molar-refractivity contribution is -0.119. The van der Waals surface area contributed by atoms with Crippen molar-refractivity contribution in [3.8, 4) is 0 Å². The van der Waals surface area contributed by atoms with Gasteiger partial charge in [0.1, 0.15) is 0 Å². The summed E-state index contributed by atoms with van der Waals surface area (Å²) in [5, 5.41) is 0. The molecule has 0 aromatic carbocycles. The molecule has 1 heteroatoms. The second kappa shape index (κ2) is 4.96. The van der Waals surface area contributed by atoms with E-state index < -0.39 is 0 Å². The zero-order chi connectivity index (χ0) is 11.5. The number of Topliss-reactive ketones (excluding diaryl/α,β-unsaturated/α-hetero) is 1. The second-order valence-electron chi connectivity index (χ2n) is 5.31. The largest absolute Gasteiger partial charge is 0.294 e. The minimum atomic E-state index is 0.167. The first-order valence-corrected chi connectivity index (χ1v) is 6.20. The maximum absolute atomic E-state index is 11.8. The van der Waals surface area contributed by atoms with E-state index in [0.29, 0.717) is 11.0 Å². The van der Waals surface area contributed by atoms with Crippen LogP contribution in [-0.4, -0.2) is 5.78 Å². The number of allylic oxidation sites excluding steroid dienone is 1. The van der Waals surface area contributed by atoms with Crippen LogP contribution in [-0.2, 0) is 4.79 Å². The van der Waals surface area contributed by atoms with Gasteiger partial charge in [-0.1, -0.05) is 39.7 Å². The minimum Gasteiger partial charge on any atom is -0.294 e. The van der Waals surface area contributed by atoms with E-state index in [1.54, 1.807) is 0 Å². The van der Waals surface area contributed by atoms with Crippen molar-refractivity contribution in [3.05, 3.63) is 12.2 Å². The lowest BCUT2D eigenvalue weighted by Gasteiger charge is -2.30. The summed E-state index contributed by atoms with van der Waals surface area (Å²) in [4.78, 5) is 11.8. The van der Waals surface area contributed by atoms with Gasteiger partial charge in [0.15, 0.2) is 5.78 Å². The average molecular weight is 208 g/mol. The van der Waals surface area contributed by atoms with E-state index in [0.717, 1.165) is 6.42 Å². The van der Waals surface area contributed by atoms with Gasteiger partial charge in [-0.25, -0.2) is 0 Å². The molecule has 1 rings (SSSR count). The summed E-state index contributed by atoms with van der Waals surface area (Å²) < 4.78 is 0. The molecule has 1 aliphatic carbocycles. The van der Waals surface area contributed by atoms with Crippen LogP contribution in [0.4, 0.5) is 0 Å². The molecule has 0 aromatic rings. The van der Waals surface area contributed by atoms with Crippen LogP contribution in [0, 0.1) is 11.3 Å². The molecule has 1 atom stereocenters. The molecule has 0 N–H and O–H groups in total.